The number of aliphatic hydroxyl groups excluding tert-OH is 1. The summed E-state index contributed by atoms with van der Waals surface area (Å²) >= 11 is 0. The first-order valence-corrected chi connectivity index (χ1v) is 11.0. The Morgan fingerprint density at radius 1 is 0.643 bits per heavy atom. The number of benzene rings is 2. The van der Waals surface area contributed by atoms with E-state index in [9.17, 15) is 10.2 Å². The predicted octanol–water partition coefficient (Wildman–Crippen LogP) is 5.60. The normalized spacial score (nSPS) is 12.2. The van der Waals surface area contributed by atoms with Gasteiger partial charge in [0.2, 0.25) is 0 Å². The number of phenolic OH excluding ortho intramolecular Hbond substituents is 1. The maximum Gasteiger partial charge on any atom is 0.115 e. The van der Waals surface area contributed by atoms with Gasteiger partial charge in [0.15, 0.2) is 0 Å². The van der Waals surface area contributed by atoms with Crippen molar-refractivity contribution in [1.29, 1.82) is 0 Å². The fourth-order valence-corrected chi connectivity index (χ4v) is 3.50. The Kier molecular flexibility index (Phi) is 11.4. The molecule has 0 spiro atoms. The maximum atomic E-state index is 10.0. The number of unbranched alkanes of at least 4 members (excludes halogenated alkanes) is 7. The standard InChI is InChI=1S/C25H37NO2/c27-24-18-15-23(16-19-24)17-20-25(28)26-21-11-6-4-2-1-3-5-8-12-22-13-9-7-10-14-22/h7,9-10,13-16,18-19,25-28H,1-6,8,11-12,17,20-21H2. The topological polar surface area (TPSA) is 52.5 Å². The zero-order valence-electron chi connectivity index (χ0n) is 17.2. The molecule has 0 aliphatic heterocycles. The van der Waals surface area contributed by atoms with Crippen LogP contribution < -0.4 is 5.32 Å². The molecule has 0 aromatic heterocycles. The van der Waals surface area contributed by atoms with E-state index in [0.717, 1.165) is 24.9 Å². The first kappa shape index (κ1) is 22.4. The minimum atomic E-state index is -0.446. The van der Waals surface area contributed by atoms with Gasteiger partial charge in [-0.25, -0.2) is 0 Å². The molecule has 0 heterocycles. The van der Waals surface area contributed by atoms with Crippen LogP contribution in [0.15, 0.2) is 54.6 Å². The van der Waals surface area contributed by atoms with E-state index in [0.29, 0.717) is 6.42 Å². The number of aromatic hydroxyl groups is 1. The summed E-state index contributed by atoms with van der Waals surface area (Å²) in [6.07, 6.45) is 12.6. The van der Waals surface area contributed by atoms with E-state index in [-0.39, 0.29) is 5.75 Å². The van der Waals surface area contributed by atoms with Gasteiger partial charge in [-0.2, -0.15) is 0 Å². The number of nitrogens with one attached hydrogen (secondary N) is 1. The fraction of sp³-hybridized carbons (Fsp3) is 0.520. The highest BCUT2D eigenvalue weighted by Crippen LogP contribution is 2.12. The monoisotopic (exact) mass is 383 g/mol. The van der Waals surface area contributed by atoms with E-state index in [4.69, 9.17) is 0 Å². The van der Waals surface area contributed by atoms with Crippen LogP contribution in [0, 0.1) is 0 Å². The van der Waals surface area contributed by atoms with Gasteiger partial charge in [0.1, 0.15) is 12.0 Å². The SMILES string of the molecule is Oc1ccc(CCC(O)NCCCCCCCCCCc2ccccc2)cc1. The molecule has 0 aliphatic carbocycles. The minimum absolute atomic E-state index is 0.287. The van der Waals surface area contributed by atoms with Gasteiger partial charge in [0.05, 0.1) is 0 Å². The molecule has 0 aliphatic rings. The summed E-state index contributed by atoms with van der Waals surface area (Å²) in [6, 6.07) is 18.0. The van der Waals surface area contributed by atoms with Crippen molar-refractivity contribution in [3.8, 4) is 5.75 Å². The molecule has 0 bridgehead atoms. The summed E-state index contributed by atoms with van der Waals surface area (Å²) in [6.45, 7) is 0.883. The van der Waals surface area contributed by atoms with Gasteiger partial charge in [0.25, 0.3) is 0 Å². The van der Waals surface area contributed by atoms with Crippen LogP contribution >= 0.6 is 0 Å². The van der Waals surface area contributed by atoms with Crippen molar-refractivity contribution < 1.29 is 10.2 Å². The molecule has 3 N–H and O–H groups in total. The van der Waals surface area contributed by atoms with Crippen LogP contribution in [0.3, 0.4) is 0 Å². The van der Waals surface area contributed by atoms with E-state index in [1.807, 2.05) is 12.1 Å². The van der Waals surface area contributed by atoms with Gasteiger partial charge >= 0.3 is 0 Å². The number of rotatable bonds is 15. The average molecular weight is 384 g/mol. The summed E-state index contributed by atoms with van der Waals surface area (Å²) in [5.41, 5.74) is 2.60. The molecule has 0 fully saturated rings. The quantitative estimate of drug-likeness (QED) is 0.277. The molecule has 154 valence electrons. The number of phenols is 1. The highest BCUT2D eigenvalue weighted by molar-refractivity contribution is 5.25. The number of hydrogen-bond donors (Lipinski definition) is 3. The van der Waals surface area contributed by atoms with Crippen LogP contribution in [0.5, 0.6) is 5.75 Å². The molecule has 1 atom stereocenters. The number of aryl methyl sites for hydroxylation is 2. The van der Waals surface area contributed by atoms with Crippen molar-refractivity contribution in [2.24, 2.45) is 0 Å². The Hall–Kier alpha value is -1.84. The fourth-order valence-electron chi connectivity index (χ4n) is 3.50. The van der Waals surface area contributed by atoms with Gasteiger partial charge in [0, 0.05) is 0 Å². The zero-order valence-corrected chi connectivity index (χ0v) is 17.2. The Morgan fingerprint density at radius 3 is 1.89 bits per heavy atom. The van der Waals surface area contributed by atoms with E-state index in [1.165, 1.54) is 56.9 Å². The third-order valence-electron chi connectivity index (χ3n) is 5.26. The second-order valence-corrected chi connectivity index (χ2v) is 7.74. The molecular formula is C25H37NO2. The molecule has 3 nitrogen and oxygen atoms in total. The molecule has 3 heteroatoms. The number of aliphatic hydroxyl groups is 1. The van der Waals surface area contributed by atoms with E-state index in [2.05, 4.69) is 35.6 Å². The molecule has 0 radical (unpaired) electrons. The van der Waals surface area contributed by atoms with E-state index in [1.54, 1.807) is 12.1 Å². The molecule has 1 unspecified atom stereocenters. The van der Waals surface area contributed by atoms with Crippen LogP contribution in [0.25, 0.3) is 0 Å². The second kappa shape index (κ2) is 14.2. The summed E-state index contributed by atoms with van der Waals surface area (Å²) in [5.74, 6) is 0.287. The van der Waals surface area contributed by atoms with Crippen LogP contribution in [0.4, 0.5) is 0 Å². The van der Waals surface area contributed by atoms with Crippen molar-refractivity contribution in [2.45, 2.75) is 76.9 Å². The smallest absolute Gasteiger partial charge is 0.115 e. The lowest BCUT2D eigenvalue weighted by Gasteiger charge is -2.12. The lowest BCUT2D eigenvalue weighted by atomic mass is 10.0. The van der Waals surface area contributed by atoms with Gasteiger partial charge < -0.3 is 10.2 Å². The second-order valence-electron chi connectivity index (χ2n) is 7.74. The first-order valence-electron chi connectivity index (χ1n) is 11.0. The summed E-state index contributed by atoms with van der Waals surface area (Å²) in [4.78, 5) is 0. The first-order chi connectivity index (χ1) is 13.7. The van der Waals surface area contributed by atoms with Crippen LogP contribution in [0.1, 0.15) is 68.9 Å². The zero-order chi connectivity index (χ0) is 19.9. The highest BCUT2D eigenvalue weighted by atomic mass is 16.3. The summed E-state index contributed by atoms with van der Waals surface area (Å²) in [5, 5.41) is 22.5. The molecule has 2 aromatic carbocycles. The summed E-state index contributed by atoms with van der Waals surface area (Å²) in [7, 11) is 0. The van der Waals surface area contributed by atoms with Gasteiger partial charge in [-0.05, 0) is 61.9 Å². The van der Waals surface area contributed by atoms with Gasteiger partial charge in [-0.15, -0.1) is 0 Å². The van der Waals surface area contributed by atoms with E-state index >= 15 is 0 Å². The Morgan fingerprint density at radius 2 is 1.21 bits per heavy atom. The van der Waals surface area contributed by atoms with Gasteiger partial charge in [-0.1, -0.05) is 81.0 Å². The van der Waals surface area contributed by atoms with Crippen LogP contribution in [0.2, 0.25) is 0 Å². The van der Waals surface area contributed by atoms with Crippen LogP contribution in [-0.4, -0.2) is 23.0 Å². The van der Waals surface area contributed by atoms with E-state index < -0.39 is 6.23 Å². The molecule has 0 amide bonds. The third kappa shape index (κ3) is 10.5. The van der Waals surface area contributed by atoms with Crippen molar-refractivity contribution in [3.05, 3.63) is 65.7 Å². The average Bonchev–Trinajstić information content (AvgIpc) is 2.72. The highest BCUT2D eigenvalue weighted by Gasteiger charge is 2.03. The maximum absolute atomic E-state index is 10.0. The lowest BCUT2D eigenvalue weighted by molar-refractivity contribution is 0.127. The predicted molar refractivity (Wildman–Crippen MR) is 118 cm³/mol. The van der Waals surface area contributed by atoms with Crippen molar-refractivity contribution in [1.82, 2.24) is 5.32 Å². The minimum Gasteiger partial charge on any atom is -0.508 e. The Bertz CT molecular complexity index is 612. The molecule has 0 saturated carbocycles. The lowest BCUT2D eigenvalue weighted by Crippen LogP contribution is -2.30. The van der Waals surface area contributed by atoms with Crippen molar-refractivity contribution >= 4 is 0 Å². The molecule has 2 aromatic rings. The summed E-state index contributed by atoms with van der Waals surface area (Å²) < 4.78 is 0. The molecular weight excluding hydrogens is 346 g/mol. The third-order valence-corrected chi connectivity index (χ3v) is 5.26. The largest absolute Gasteiger partial charge is 0.508 e. The van der Waals surface area contributed by atoms with Gasteiger partial charge in [-0.3, -0.25) is 5.32 Å². The van der Waals surface area contributed by atoms with Crippen LogP contribution in [-0.2, 0) is 12.8 Å². The number of hydrogen-bond acceptors (Lipinski definition) is 3. The molecule has 0 saturated heterocycles. The molecule has 2 rings (SSSR count). The Labute approximate surface area is 170 Å². The Balaban J connectivity index is 1.35. The van der Waals surface area contributed by atoms with Crippen molar-refractivity contribution in [3.63, 3.8) is 0 Å². The van der Waals surface area contributed by atoms with Crippen molar-refractivity contribution in [2.75, 3.05) is 6.54 Å². The molecule has 28 heavy (non-hydrogen) atoms.